The number of aromatic nitrogens is 3. The minimum Gasteiger partial charge on any atom is -0.456 e. The van der Waals surface area contributed by atoms with Crippen LogP contribution in [0.2, 0.25) is 0 Å². The third-order valence-electron chi connectivity index (χ3n) is 12.6. The van der Waals surface area contributed by atoms with Gasteiger partial charge in [0.15, 0.2) is 0 Å². The fourth-order valence-corrected chi connectivity index (χ4v) is 9.23. The summed E-state index contributed by atoms with van der Waals surface area (Å²) in [7, 11) is 0. The minimum absolute atomic E-state index is 0.639. The van der Waals surface area contributed by atoms with Crippen molar-refractivity contribution in [2.24, 2.45) is 0 Å². The topological polar surface area (TPSA) is 43.9 Å². The maximum atomic E-state index is 6.07. The molecular formula is C61H45N3O. The second kappa shape index (κ2) is 16.7. The number of fused-ring (bicyclic) bond motifs is 4. The molecular weight excluding hydrogens is 791 g/mol. The van der Waals surface area contributed by atoms with Crippen molar-refractivity contribution in [2.45, 2.75) is 20.3 Å². The smallest absolute Gasteiger partial charge is 0.235 e. The quantitative estimate of drug-likeness (QED) is 0.138. The summed E-state index contributed by atoms with van der Waals surface area (Å²) in [6, 6.07) is 71.0. The largest absolute Gasteiger partial charge is 0.456 e. The summed E-state index contributed by atoms with van der Waals surface area (Å²) in [5.41, 5.74) is 18.8. The van der Waals surface area contributed by atoms with E-state index in [0.29, 0.717) is 5.95 Å². The zero-order valence-corrected chi connectivity index (χ0v) is 36.4. The monoisotopic (exact) mass is 835 g/mol. The Kier molecular flexibility index (Phi) is 10.2. The first-order chi connectivity index (χ1) is 32.0. The molecule has 3 heterocycles. The Morgan fingerprint density at radius 2 is 1.17 bits per heavy atom. The zero-order valence-electron chi connectivity index (χ0n) is 36.4. The van der Waals surface area contributed by atoms with Crippen molar-refractivity contribution in [3.05, 3.63) is 240 Å². The normalized spacial score (nSPS) is 11.8. The van der Waals surface area contributed by atoms with Gasteiger partial charge in [0.05, 0.1) is 22.4 Å². The van der Waals surface area contributed by atoms with Gasteiger partial charge in [-0.1, -0.05) is 176 Å². The molecule has 0 N–H and O–H groups in total. The molecule has 310 valence electrons. The van der Waals surface area contributed by atoms with E-state index in [2.05, 4.69) is 201 Å². The summed E-state index contributed by atoms with van der Waals surface area (Å²) in [6.07, 6.45) is 4.81. The lowest BCUT2D eigenvalue weighted by molar-refractivity contribution is 0.603. The van der Waals surface area contributed by atoms with Gasteiger partial charge in [0, 0.05) is 32.8 Å². The second-order valence-electron chi connectivity index (χ2n) is 16.7. The van der Waals surface area contributed by atoms with Gasteiger partial charge in [0.25, 0.3) is 0 Å². The van der Waals surface area contributed by atoms with Crippen LogP contribution in [0.4, 0.5) is 0 Å². The molecule has 3 aromatic heterocycles. The third kappa shape index (κ3) is 7.45. The number of aryl methyl sites for hydroxylation is 1. The van der Waals surface area contributed by atoms with Crippen molar-refractivity contribution in [3.63, 3.8) is 0 Å². The number of hydrogen-bond donors (Lipinski definition) is 0. The third-order valence-corrected chi connectivity index (χ3v) is 12.6. The molecule has 0 atom stereocenters. The van der Waals surface area contributed by atoms with Crippen LogP contribution in [0.15, 0.2) is 211 Å². The van der Waals surface area contributed by atoms with E-state index >= 15 is 0 Å². The number of rotatable bonds is 10. The highest BCUT2D eigenvalue weighted by Gasteiger charge is 2.19. The van der Waals surface area contributed by atoms with Crippen LogP contribution >= 0.6 is 0 Å². The Morgan fingerprint density at radius 1 is 0.554 bits per heavy atom. The lowest BCUT2D eigenvalue weighted by Crippen LogP contribution is -2.04. The predicted octanol–water partition coefficient (Wildman–Crippen LogP) is 16.1. The van der Waals surface area contributed by atoms with E-state index in [1.807, 2.05) is 30.3 Å². The first-order valence-electron chi connectivity index (χ1n) is 22.1. The number of para-hydroxylation sites is 2. The molecule has 0 saturated heterocycles. The van der Waals surface area contributed by atoms with Crippen LogP contribution in [0.25, 0.3) is 101 Å². The van der Waals surface area contributed by atoms with E-state index in [-0.39, 0.29) is 0 Å². The van der Waals surface area contributed by atoms with Crippen molar-refractivity contribution in [3.8, 4) is 50.7 Å². The Bertz CT molecular complexity index is 3540. The van der Waals surface area contributed by atoms with Crippen LogP contribution in [0.3, 0.4) is 0 Å². The SMILES string of the molecule is C=Cc1oc2ccccc2c1/C=C(\C)c1ccc(Cc2ccccc2-c2cc(-c3ccc4c5ccccc5n(-c5nc(-c6ccccc6)cc(-c6ccccc6)n5)c4c3)ccc2C)cc1. The van der Waals surface area contributed by atoms with Gasteiger partial charge in [-0.3, -0.25) is 4.57 Å². The molecule has 0 radical (unpaired) electrons. The highest BCUT2D eigenvalue weighted by molar-refractivity contribution is 6.10. The van der Waals surface area contributed by atoms with Gasteiger partial charge in [-0.25, -0.2) is 9.97 Å². The lowest BCUT2D eigenvalue weighted by Gasteiger charge is -2.15. The molecule has 65 heavy (non-hydrogen) atoms. The van der Waals surface area contributed by atoms with Crippen molar-refractivity contribution in [1.29, 1.82) is 0 Å². The fourth-order valence-electron chi connectivity index (χ4n) is 9.23. The molecule has 11 rings (SSSR count). The molecule has 11 aromatic rings. The summed E-state index contributed by atoms with van der Waals surface area (Å²) in [5, 5.41) is 3.41. The highest BCUT2D eigenvalue weighted by Crippen LogP contribution is 2.38. The van der Waals surface area contributed by atoms with Crippen LogP contribution in [0.1, 0.15) is 40.5 Å². The molecule has 0 saturated carbocycles. The maximum absolute atomic E-state index is 6.07. The molecule has 0 aliphatic heterocycles. The summed E-state index contributed by atoms with van der Waals surface area (Å²) < 4.78 is 8.31. The van der Waals surface area contributed by atoms with Crippen LogP contribution in [0, 0.1) is 6.92 Å². The van der Waals surface area contributed by atoms with Gasteiger partial charge in [0.1, 0.15) is 11.3 Å². The highest BCUT2D eigenvalue weighted by atomic mass is 16.3. The average molecular weight is 836 g/mol. The van der Waals surface area contributed by atoms with Crippen molar-refractivity contribution in [1.82, 2.24) is 14.5 Å². The molecule has 4 nitrogen and oxygen atoms in total. The van der Waals surface area contributed by atoms with E-state index in [9.17, 15) is 0 Å². The van der Waals surface area contributed by atoms with E-state index in [1.54, 1.807) is 6.08 Å². The molecule has 8 aromatic carbocycles. The summed E-state index contributed by atoms with van der Waals surface area (Å²) in [4.78, 5) is 10.5. The summed E-state index contributed by atoms with van der Waals surface area (Å²) in [5.74, 6) is 1.43. The fraction of sp³-hybridized carbons (Fsp3) is 0.0492. The van der Waals surface area contributed by atoms with Crippen LogP contribution < -0.4 is 0 Å². The van der Waals surface area contributed by atoms with Gasteiger partial charge >= 0.3 is 0 Å². The van der Waals surface area contributed by atoms with Crippen molar-refractivity contribution >= 4 is 50.5 Å². The minimum atomic E-state index is 0.639. The zero-order chi connectivity index (χ0) is 43.9. The van der Waals surface area contributed by atoms with Crippen LogP contribution in [0.5, 0.6) is 0 Å². The number of hydrogen-bond acceptors (Lipinski definition) is 3. The van der Waals surface area contributed by atoms with Crippen molar-refractivity contribution < 1.29 is 4.42 Å². The van der Waals surface area contributed by atoms with E-state index < -0.39 is 0 Å². The molecule has 0 aliphatic carbocycles. The molecule has 0 spiro atoms. The van der Waals surface area contributed by atoms with Gasteiger partial charge in [-0.2, -0.15) is 0 Å². The van der Waals surface area contributed by atoms with Gasteiger partial charge in [-0.05, 0) is 113 Å². The van der Waals surface area contributed by atoms with E-state index in [0.717, 1.165) is 84.2 Å². The Hall–Kier alpha value is -8.34. The van der Waals surface area contributed by atoms with E-state index in [4.69, 9.17) is 14.4 Å². The maximum Gasteiger partial charge on any atom is 0.235 e. The van der Waals surface area contributed by atoms with Gasteiger partial charge in [0.2, 0.25) is 5.95 Å². The Balaban J connectivity index is 0.954. The summed E-state index contributed by atoms with van der Waals surface area (Å²) >= 11 is 0. The second-order valence-corrected chi connectivity index (χ2v) is 16.7. The molecule has 0 unspecified atom stereocenters. The van der Waals surface area contributed by atoms with Crippen LogP contribution in [-0.4, -0.2) is 14.5 Å². The number of nitrogens with zero attached hydrogens (tertiary/aromatic N) is 3. The molecule has 0 fully saturated rings. The summed E-state index contributed by atoms with van der Waals surface area (Å²) in [6.45, 7) is 8.37. The van der Waals surface area contributed by atoms with Gasteiger partial charge < -0.3 is 4.42 Å². The predicted molar refractivity (Wildman–Crippen MR) is 272 cm³/mol. The van der Waals surface area contributed by atoms with Crippen LogP contribution in [-0.2, 0) is 6.42 Å². The number of furan rings is 1. The lowest BCUT2D eigenvalue weighted by atomic mass is 9.90. The molecule has 0 aliphatic rings. The van der Waals surface area contributed by atoms with E-state index in [1.165, 1.54) is 39.0 Å². The van der Waals surface area contributed by atoms with Gasteiger partial charge in [-0.15, -0.1) is 0 Å². The first-order valence-corrected chi connectivity index (χ1v) is 22.1. The average Bonchev–Trinajstić information content (AvgIpc) is 3.89. The Labute approximate surface area is 379 Å². The molecule has 4 heteroatoms. The standard InChI is InChI=1S/C61H45N3O/c1-4-59-54(52-24-14-16-26-60(52)65-59)35-41(3)43-31-28-42(29-32-43)36-48-21-11-12-22-49(48)53-37-46(30-27-40(53)2)47-33-34-51-50-23-13-15-25-57(50)64(58(51)38-47)61-62-55(44-17-7-5-8-18-44)39-56(63-61)45-19-9-6-10-20-45/h4-35,37-39H,1,36H2,2-3H3/b41-35+. The Morgan fingerprint density at radius 3 is 1.91 bits per heavy atom. The first kappa shape index (κ1) is 39.5. The molecule has 0 bridgehead atoms. The number of allylic oxidation sites excluding steroid dienone is 1. The van der Waals surface area contributed by atoms with Crippen molar-refractivity contribution in [2.75, 3.05) is 0 Å². The molecule has 0 amide bonds. The number of benzene rings is 8.